The lowest BCUT2D eigenvalue weighted by molar-refractivity contribution is 0.466. The highest BCUT2D eigenvalue weighted by Crippen LogP contribution is 2.32. The van der Waals surface area contributed by atoms with Gasteiger partial charge in [0.25, 0.3) is 0 Å². The summed E-state index contributed by atoms with van der Waals surface area (Å²) in [6.45, 7) is 7.56. The minimum absolute atomic E-state index is 0.387. The number of hydrogen-bond acceptors (Lipinski definition) is 4. The summed E-state index contributed by atoms with van der Waals surface area (Å²) >= 11 is 1.49. The van der Waals surface area contributed by atoms with E-state index in [2.05, 4.69) is 39.7 Å². The topological polar surface area (TPSA) is 43.6 Å². The first-order valence-corrected chi connectivity index (χ1v) is 7.33. The molecule has 0 radical (unpaired) electrons. The van der Waals surface area contributed by atoms with Gasteiger partial charge in [0.05, 0.1) is 11.9 Å². The van der Waals surface area contributed by atoms with Crippen molar-refractivity contribution in [1.82, 2.24) is 18.9 Å². The Kier molecular flexibility index (Phi) is 2.93. The Morgan fingerprint density at radius 2 is 2.28 bits per heavy atom. The molecule has 3 rings (SSSR count). The molecule has 4 nitrogen and oxygen atoms in total. The molecule has 0 amide bonds. The maximum Gasteiger partial charge on any atom is 0.162 e. The van der Waals surface area contributed by atoms with Gasteiger partial charge in [0.15, 0.2) is 5.01 Å². The number of fused-ring (bicyclic) bond motifs is 1. The summed E-state index contributed by atoms with van der Waals surface area (Å²) in [6, 6.07) is 0. The SMILES string of the molecule is CC(C)c1nsc(-c2cnc3n2CCC[C@H]3C)n1. The van der Waals surface area contributed by atoms with E-state index in [9.17, 15) is 0 Å². The van der Waals surface area contributed by atoms with Gasteiger partial charge in [0.1, 0.15) is 11.6 Å². The van der Waals surface area contributed by atoms with Crippen LogP contribution in [0.3, 0.4) is 0 Å². The van der Waals surface area contributed by atoms with Gasteiger partial charge in [-0.15, -0.1) is 0 Å². The molecule has 0 bridgehead atoms. The van der Waals surface area contributed by atoms with E-state index in [1.165, 1.54) is 30.2 Å². The Morgan fingerprint density at radius 3 is 3.00 bits per heavy atom. The normalized spacial score (nSPS) is 19.2. The minimum Gasteiger partial charge on any atom is -0.326 e. The van der Waals surface area contributed by atoms with Crippen LogP contribution in [0.2, 0.25) is 0 Å². The van der Waals surface area contributed by atoms with Crippen molar-refractivity contribution in [3.63, 3.8) is 0 Å². The fourth-order valence-electron chi connectivity index (χ4n) is 2.45. The standard InChI is InChI=1S/C13H18N4S/c1-8(2)11-15-13(18-16-11)10-7-14-12-9(3)5-4-6-17(10)12/h7-9H,4-6H2,1-3H3/t9-/m1/s1. The highest BCUT2D eigenvalue weighted by Gasteiger charge is 2.22. The largest absolute Gasteiger partial charge is 0.326 e. The van der Waals surface area contributed by atoms with Crippen molar-refractivity contribution in [3.05, 3.63) is 17.8 Å². The first-order valence-electron chi connectivity index (χ1n) is 6.56. The quantitative estimate of drug-likeness (QED) is 0.833. The van der Waals surface area contributed by atoms with Crippen LogP contribution in [0.15, 0.2) is 6.20 Å². The van der Waals surface area contributed by atoms with Crippen LogP contribution in [0.25, 0.3) is 10.7 Å². The van der Waals surface area contributed by atoms with Gasteiger partial charge >= 0.3 is 0 Å². The first-order chi connectivity index (χ1) is 8.66. The summed E-state index contributed by atoms with van der Waals surface area (Å²) in [6.07, 6.45) is 4.43. The molecule has 2 aromatic rings. The van der Waals surface area contributed by atoms with E-state index in [-0.39, 0.29) is 0 Å². The summed E-state index contributed by atoms with van der Waals surface area (Å²) in [7, 11) is 0. The maximum absolute atomic E-state index is 4.63. The van der Waals surface area contributed by atoms with Crippen molar-refractivity contribution in [1.29, 1.82) is 0 Å². The number of rotatable bonds is 2. The molecule has 0 saturated heterocycles. The number of nitrogens with zero attached hydrogens (tertiary/aromatic N) is 4. The molecule has 0 unspecified atom stereocenters. The lowest BCUT2D eigenvalue weighted by Gasteiger charge is -2.21. The van der Waals surface area contributed by atoms with E-state index in [4.69, 9.17) is 0 Å². The molecular formula is C13H18N4S. The van der Waals surface area contributed by atoms with Gasteiger partial charge in [0, 0.05) is 18.4 Å². The van der Waals surface area contributed by atoms with Crippen LogP contribution in [0.5, 0.6) is 0 Å². The van der Waals surface area contributed by atoms with Crippen molar-refractivity contribution in [2.45, 2.75) is 52.0 Å². The zero-order chi connectivity index (χ0) is 12.7. The number of hydrogen-bond donors (Lipinski definition) is 0. The van der Waals surface area contributed by atoms with Crippen LogP contribution >= 0.6 is 11.5 Å². The zero-order valence-electron chi connectivity index (χ0n) is 11.1. The Balaban J connectivity index is 2.01. The van der Waals surface area contributed by atoms with E-state index in [1.54, 1.807) is 0 Å². The van der Waals surface area contributed by atoms with Crippen LogP contribution in [-0.4, -0.2) is 18.9 Å². The predicted octanol–water partition coefficient (Wildman–Crippen LogP) is 3.42. The highest BCUT2D eigenvalue weighted by molar-refractivity contribution is 7.09. The average molecular weight is 262 g/mol. The molecule has 1 aliphatic rings. The third-order valence-corrected chi connectivity index (χ3v) is 4.28. The monoisotopic (exact) mass is 262 g/mol. The Morgan fingerprint density at radius 1 is 1.44 bits per heavy atom. The minimum atomic E-state index is 0.387. The summed E-state index contributed by atoms with van der Waals surface area (Å²) in [5.74, 6) is 3.09. The second kappa shape index (κ2) is 4.46. The molecule has 1 atom stereocenters. The molecule has 2 aromatic heterocycles. The molecule has 0 N–H and O–H groups in total. The lowest BCUT2D eigenvalue weighted by atomic mass is 10.0. The van der Waals surface area contributed by atoms with Gasteiger partial charge < -0.3 is 4.57 Å². The summed E-state index contributed by atoms with van der Waals surface area (Å²) in [5, 5.41) is 1.01. The maximum atomic E-state index is 4.63. The van der Waals surface area contributed by atoms with Crippen LogP contribution in [0.4, 0.5) is 0 Å². The van der Waals surface area contributed by atoms with Crippen LogP contribution in [0, 0.1) is 0 Å². The molecule has 0 fully saturated rings. The second-order valence-electron chi connectivity index (χ2n) is 5.31. The third-order valence-electron chi connectivity index (χ3n) is 3.52. The summed E-state index contributed by atoms with van der Waals surface area (Å²) in [5.41, 5.74) is 1.14. The predicted molar refractivity (Wildman–Crippen MR) is 72.9 cm³/mol. The van der Waals surface area contributed by atoms with Crippen molar-refractivity contribution < 1.29 is 0 Å². The lowest BCUT2D eigenvalue weighted by Crippen LogP contribution is -2.14. The van der Waals surface area contributed by atoms with Gasteiger partial charge in [0.2, 0.25) is 0 Å². The molecule has 5 heteroatoms. The van der Waals surface area contributed by atoms with Crippen LogP contribution in [-0.2, 0) is 6.54 Å². The Hall–Kier alpha value is -1.23. The van der Waals surface area contributed by atoms with Gasteiger partial charge in [-0.05, 0) is 24.4 Å². The highest BCUT2D eigenvalue weighted by atomic mass is 32.1. The van der Waals surface area contributed by atoms with Gasteiger partial charge in [-0.1, -0.05) is 20.8 Å². The van der Waals surface area contributed by atoms with E-state index < -0.39 is 0 Å². The van der Waals surface area contributed by atoms with Crippen molar-refractivity contribution in [3.8, 4) is 10.7 Å². The van der Waals surface area contributed by atoms with E-state index in [0.29, 0.717) is 11.8 Å². The molecule has 18 heavy (non-hydrogen) atoms. The van der Waals surface area contributed by atoms with Crippen molar-refractivity contribution >= 4 is 11.5 Å². The average Bonchev–Trinajstić information content (AvgIpc) is 2.94. The zero-order valence-corrected chi connectivity index (χ0v) is 11.9. The van der Waals surface area contributed by atoms with Gasteiger partial charge in [-0.3, -0.25) is 0 Å². The third kappa shape index (κ3) is 1.86. The second-order valence-corrected chi connectivity index (χ2v) is 6.06. The van der Waals surface area contributed by atoms with Gasteiger partial charge in [-0.2, -0.15) is 4.37 Å². The smallest absolute Gasteiger partial charge is 0.162 e. The summed E-state index contributed by atoms with van der Waals surface area (Å²) < 4.78 is 6.75. The fraction of sp³-hybridized carbons (Fsp3) is 0.615. The molecule has 0 saturated carbocycles. The molecule has 1 aliphatic heterocycles. The van der Waals surface area contributed by atoms with E-state index in [0.717, 1.165) is 23.1 Å². The Labute approximate surface area is 111 Å². The molecule has 0 spiro atoms. The number of aromatic nitrogens is 4. The van der Waals surface area contributed by atoms with E-state index in [1.807, 2.05) is 6.20 Å². The Bertz CT molecular complexity index is 555. The number of imidazole rings is 1. The van der Waals surface area contributed by atoms with Crippen LogP contribution in [0.1, 0.15) is 57.1 Å². The molecule has 3 heterocycles. The van der Waals surface area contributed by atoms with Crippen molar-refractivity contribution in [2.24, 2.45) is 0 Å². The van der Waals surface area contributed by atoms with Crippen LogP contribution < -0.4 is 0 Å². The van der Waals surface area contributed by atoms with Crippen molar-refractivity contribution in [2.75, 3.05) is 0 Å². The fourth-order valence-corrected chi connectivity index (χ4v) is 3.27. The van der Waals surface area contributed by atoms with Gasteiger partial charge in [-0.25, -0.2) is 9.97 Å². The molecule has 96 valence electrons. The molecule has 0 aromatic carbocycles. The molecule has 0 aliphatic carbocycles. The first kappa shape index (κ1) is 11.8. The molecular weight excluding hydrogens is 244 g/mol. The van der Waals surface area contributed by atoms with E-state index >= 15 is 0 Å². The summed E-state index contributed by atoms with van der Waals surface area (Å²) in [4.78, 5) is 9.20.